The molecule has 0 unspecified atom stereocenters. The number of piperidine rings is 1. The van der Waals surface area contributed by atoms with E-state index in [2.05, 4.69) is 31.1 Å². The Kier molecular flexibility index (Phi) is 4.02. The minimum atomic E-state index is 0.796. The maximum absolute atomic E-state index is 3.40. The van der Waals surface area contributed by atoms with Crippen molar-refractivity contribution in [1.82, 2.24) is 10.2 Å². The predicted octanol–water partition coefficient (Wildman–Crippen LogP) is 1.33. The van der Waals surface area contributed by atoms with E-state index >= 15 is 0 Å². The summed E-state index contributed by atoms with van der Waals surface area (Å²) < 4.78 is 0. The third-order valence-electron chi connectivity index (χ3n) is 2.59. The molecule has 1 rings (SSSR count). The fraction of sp³-hybridized carbons (Fsp3) is 1.00. The summed E-state index contributed by atoms with van der Waals surface area (Å²) in [6.45, 7) is 8.22. The van der Waals surface area contributed by atoms with Gasteiger partial charge in [-0.05, 0) is 38.9 Å². The largest absolute Gasteiger partial charge is 0.317 e. The van der Waals surface area contributed by atoms with Crippen molar-refractivity contribution in [2.24, 2.45) is 5.92 Å². The van der Waals surface area contributed by atoms with Crippen LogP contribution in [0.4, 0.5) is 0 Å². The first-order valence-corrected chi connectivity index (χ1v) is 5.11. The molecule has 0 aromatic heterocycles. The van der Waals surface area contributed by atoms with Crippen molar-refractivity contribution in [3.8, 4) is 0 Å². The Balaban J connectivity index is 2.24. The van der Waals surface area contributed by atoms with E-state index in [1.807, 2.05) is 0 Å². The molecule has 2 nitrogen and oxygen atoms in total. The summed E-state index contributed by atoms with van der Waals surface area (Å²) in [4.78, 5) is 2.52. The Morgan fingerprint density at radius 2 is 1.92 bits per heavy atom. The smallest absolute Gasteiger partial charge is 0.0116 e. The Hall–Kier alpha value is -0.0800. The van der Waals surface area contributed by atoms with Crippen molar-refractivity contribution in [1.29, 1.82) is 0 Å². The number of nitrogens with zero attached hydrogens (tertiary/aromatic N) is 1. The maximum atomic E-state index is 3.40. The zero-order valence-electron chi connectivity index (χ0n) is 8.64. The van der Waals surface area contributed by atoms with E-state index in [9.17, 15) is 0 Å². The molecule has 1 aliphatic heterocycles. The fourth-order valence-electron chi connectivity index (χ4n) is 1.97. The van der Waals surface area contributed by atoms with Gasteiger partial charge in [0.05, 0.1) is 0 Å². The van der Waals surface area contributed by atoms with Crippen molar-refractivity contribution in [2.75, 3.05) is 26.7 Å². The van der Waals surface area contributed by atoms with Crippen molar-refractivity contribution >= 4 is 0 Å². The van der Waals surface area contributed by atoms with Crippen LogP contribution < -0.4 is 5.32 Å². The van der Waals surface area contributed by atoms with Gasteiger partial charge in [0, 0.05) is 12.6 Å². The summed E-state index contributed by atoms with van der Waals surface area (Å²) in [5.74, 6) is 0.796. The van der Waals surface area contributed by atoms with Crippen LogP contribution in [0.2, 0.25) is 0 Å². The van der Waals surface area contributed by atoms with E-state index in [0.717, 1.165) is 12.0 Å². The van der Waals surface area contributed by atoms with Gasteiger partial charge in [-0.15, -0.1) is 0 Å². The van der Waals surface area contributed by atoms with Gasteiger partial charge < -0.3 is 10.2 Å². The Morgan fingerprint density at radius 1 is 1.33 bits per heavy atom. The molecule has 0 aromatic rings. The summed E-state index contributed by atoms with van der Waals surface area (Å²) in [5, 5.41) is 3.40. The average Bonchev–Trinajstić information content (AvgIpc) is 2.05. The topological polar surface area (TPSA) is 15.3 Å². The molecule has 72 valence electrons. The van der Waals surface area contributed by atoms with Gasteiger partial charge in [-0.3, -0.25) is 0 Å². The van der Waals surface area contributed by atoms with E-state index < -0.39 is 0 Å². The van der Waals surface area contributed by atoms with Crippen LogP contribution in [-0.2, 0) is 0 Å². The van der Waals surface area contributed by atoms with Gasteiger partial charge in [-0.25, -0.2) is 0 Å². The van der Waals surface area contributed by atoms with E-state index in [1.54, 1.807) is 0 Å². The van der Waals surface area contributed by atoms with Crippen LogP contribution in [0, 0.1) is 5.92 Å². The van der Waals surface area contributed by atoms with Crippen molar-refractivity contribution in [3.63, 3.8) is 0 Å². The molecule has 0 spiro atoms. The minimum absolute atomic E-state index is 0.796. The molecular weight excluding hydrogens is 148 g/mol. The van der Waals surface area contributed by atoms with E-state index in [0.29, 0.717) is 0 Å². The lowest BCUT2D eigenvalue weighted by Gasteiger charge is -2.32. The average molecular weight is 170 g/mol. The quantitative estimate of drug-likeness (QED) is 0.687. The Morgan fingerprint density at radius 3 is 2.42 bits per heavy atom. The molecule has 0 atom stereocenters. The highest BCUT2D eigenvalue weighted by Crippen LogP contribution is 2.11. The zero-order chi connectivity index (χ0) is 8.97. The lowest BCUT2D eigenvalue weighted by Crippen LogP contribution is -2.42. The molecule has 0 aromatic carbocycles. The van der Waals surface area contributed by atoms with Gasteiger partial charge in [0.2, 0.25) is 0 Å². The summed E-state index contributed by atoms with van der Waals surface area (Å²) in [7, 11) is 2.26. The van der Waals surface area contributed by atoms with E-state index in [-0.39, 0.29) is 0 Å². The molecule has 12 heavy (non-hydrogen) atoms. The molecule has 1 saturated heterocycles. The van der Waals surface area contributed by atoms with Gasteiger partial charge >= 0.3 is 0 Å². The highest BCUT2D eigenvalue weighted by molar-refractivity contribution is 4.75. The lowest BCUT2D eigenvalue weighted by atomic mass is 10.0. The SMILES string of the molecule is CC(C)CN(C)C1CCNCC1. The van der Waals surface area contributed by atoms with Crippen molar-refractivity contribution in [2.45, 2.75) is 32.7 Å². The standard InChI is InChI=1S/C10H22N2/c1-9(2)8-12(3)10-4-6-11-7-5-10/h9-11H,4-8H2,1-3H3. The molecule has 2 heteroatoms. The van der Waals surface area contributed by atoms with Gasteiger partial charge in [-0.2, -0.15) is 0 Å². The van der Waals surface area contributed by atoms with Crippen LogP contribution in [0.25, 0.3) is 0 Å². The summed E-state index contributed by atoms with van der Waals surface area (Å²) >= 11 is 0. The molecule has 0 radical (unpaired) electrons. The van der Waals surface area contributed by atoms with E-state index in [4.69, 9.17) is 0 Å². The number of nitrogens with one attached hydrogen (secondary N) is 1. The first-order valence-electron chi connectivity index (χ1n) is 5.11. The van der Waals surface area contributed by atoms with Gasteiger partial charge in [0.1, 0.15) is 0 Å². The predicted molar refractivity (Wildman–Crippen MR) is 53.4 cm³/mol. The molecule has 0 bridgehead atoms. The normalized spacial score (nSPS) is 20.8. The van der Waals surface area contributed by atoms with Crippen LogP contribution >= 0.6 is 0 Å². The van der Waals surface area contributed by atoms with Gasteiger partial charge in [-0.1, -0.05) is 13.8 Å². The highest BCUT2D eigenvalue weighted by Gasteiger charge is 2.17. The third-order valence-corrected chi connectivity index (χ3v) is 2.59. The second kappa shape index (κ2) is 4.83. The first-order chi connectivity index (χ1) is 5.70. The number of hydrogen-bond acceptors (Lipinski definition) is 2. The molecule has 1 aliphatic rings. The molecule has 0 aliphatic carbocycles. The molecule has 1 heterocycles. The van der Waals surface area contributed by atoms with Crippen LogP contribution in [0.1, 0.15) is 26.7 Å². The molecule has 1 fully saturated rings. The number of hydrogen-bond donors (Lipinski definition) is 1. The molecule has 1 N–H and O–H groups in total. The number of rotatable bonds is 3. The highest BCUT2D eigenvalue weighted by atomic mass is 15.1. The van der Waals surface area contributed by atoms with Gasteiger partial charge in [0.15, 0.2) is 0 Å². The van der Waals surface area contributed by atoms with Crippen LogP contribution in [-0.4, -0.2) is 37.6 Å². The Bertz CT molecular complexity index is 117. The summed E-state index contributed by atoms with van der Waals surface area (Å²) in [5.41, 5.74) is 0. The zero-order valence-corrected chi connectivity index (χ0v) is 8.64. The molecule has 0 saturated carbocycles. The maximum Gasteiger partial charge on any atom is 0.0116 e. The third kappa shape index (κ3) is 3.11. The molecule has 0 amide bonds. The van der Waals surface area contributed by atoms with Crippen LogP contribution in [0.3, 0.4) is 0 Å². The van der Waals surface area contributed by atoms with Crippen LogP contribution in [0.5, 0.6) is 0 Å². The Labute approximate surface area is 76.3 Å². The lowest BCUT2D eigenvalue weighted by molar-refractivity contribution is 0.181. The van der Waals surface area contributed by atoms with E-state index in [1.165, 1.54) is 32.5 Å². The second-order valence-electron chi connectivity index (χ2n) is 4.31. The second-order valence-corrected chi connectivity index (χ2v) is 4.31. The van der Waals surface area contributed by atoms with Crippen LogP contribution in [0.15, 0.2) is 0 Å². The fourth-order valence-corrected chi connectivity index (χ4v) is 1.97. The van der Waals surface area contributed by atoms with Crippen molar-refractivity contribution < 1.29 is 0 Å². The molecular formula is C10H22N2. The minimum Gasteiger partial charge on any atom is -0.317 e. The first kappa shape index (κ1) is 10.0. The summed E-state index contributed by atoms with van der Waals surface area (Å²) in [6, 6.07) is 0.827. The summed E-state index contributed by atoms with van der Waals surface area (Å²) in [6.07, 6.45) is 2.65. The monoisotopic (exact) mass is 170 g/mol. The van der Waals surface area contributed by atoms with Crippen molar-refractivity contribution in [3.05, 3.63) is 0 Å². The van der Waals surface area contributed by atoms with Gasteiger partial charge in [0.25, 0.3) is 0 Å².